The Labute approximate surface area is 121 Å². The summed E-state index contributed by atoms with van der Waals surface area (Å²) in [6.07, 6.45) is 0. The van der Waals surface area contributed by atoms with Gasteiger partial charge in [-0.15, -0.1) is 0 Å². The van der Waals surface area contributed by atoms with Crippen molar-refractivity contribution in [2.24, 2.45) is 0 Å². The first-order valence-corrected chi connectivity index (χ1v) is 6.66. The van der Waals surface area contributed by atoms with Gasteiger partial charge in [-0.2, -0.15) is 0 Å². The van der Waals surface area contributed by atoms with Crippen molar-refractivity contribution in [1.82, 2.24) is 0 Å². The summed E-state index contributed by atoms with van der Waals surface area (Å²) >= 11 is 6.14. The Kier molecular flexibility index (Phi) is 3.67. The van der Waals surface area contributed by atoms with E-state index in [1.165, 1.54) is 0 Å². The number of rotatable bonds is 4. The van der Waals surface area contributed by atoms with E-state index in [4.69, 9.17) is 26.2 Å². The van der Waals surface area contributed by atoms with Crippen molar-refractivity contribution >= 4 is 17.3 Å². The fraction of sp³-hybridized carbons (Fsp3) is 0.200. The number of aliphatic hydroxyl groups excluding tert-OH is 1. The van der Waals surface area contributed by atoms with Gasteiger partial charge in [0.25, 0.3) is 0 Å². The summed E-state index contributed by atoms with van der Waals surface area (Å²) in [5.74, 6) is 1.30. The third kappa shape index (κ3) is 2.66. The number of anilines is 1. The molecule has 5 heteroatoms. The van der Waals surface area contributed by atoms with Crippen LogP contribution >= 0.6 is 11.6 Å². The lowest BCUT2D eigenvalue weighted by Crippen LogP contribution is -1.99. The smallest absolute Gasteiger partial charge is 0.231 e. The first-order valence-electron chi connectivity index (χ1n) is 6.28. The molecule has 4 nitrogen and oxygen atoms in total. The number of nitrogens with one attached hydrogen (secondary N) is 1. The highest BCUT2D eigenvalue weighted by Crippen LogP contribution is 2.39. The predicted molar refractivity (Wildman–Crippen MR) is 77.3 cm³/mol. The summed E-state index contributed by atoms with van der Waals surface area (Å²) < 4.78 is 10.6. The van der Waals surface area contributed by atoms with Crippen molar-refractivity contribution in [2.45, 2.75) is 13.2 Å². The van der Waals surface area contributed by atoms with E-state index in [9.17, 15) is 0 Å². The number of hydrogen-bond donors (Lipinski definition) is 2. The van der Waals surface area contributed by atoms with Gasteiger partial charge in [-0.25, -0.2) is 0 Å². The minimum absolute atomic E-state index is 0.0536. The molecule has 0 aliphatic carbocycles. The molecule has 0 fully saturated rings. The molecule has 0 unspecified atom stereocenters. The normalized spacial score (nSPS) is 12.5. The zero-order valence-electron chi connectivity index (χ0n) is 10.7. The topological polar surface area (TPSA) is 50.7 Å². The van der Waals surface area contributed by atoms with Crippen LogP contribution in [0.1, 0.15) is 11.1 Å². The molecule has 104 valence electrons. The largest absolute Gasteiger partial charge is 0.454 e. The van der Waals surface area contributed by atoms with Crippen LogP contribution in [0.2, 0.25) is 5.02 Å². The van der Waals surface area contributed by atoms with Crippen LogP contribution in [0.15, 0.2) is 36.4 Å². The molecular formula is C15H14ClNO3. The molecule has 1 aliphatic heterocycles. The third-order valence-electron chi connectivity index (χ3n) is 3.12. The summed E-state index contributed by atoms with van der Waals surface area (Å²) in [5, 5.41) is 12.9. The molecule has 0 aromatic heterocycles. The van der Waals surface area contributed by atoms with E-state index < -0.39 is 0 Å². The van der Waals surface area contributed by atoms with Gasteiger partial charge >= 0.3 is 0 Å². The van der Waals surface area contributed by atoms with E-state index in [-0.39, 0.29) is 13.4 Å². The molecule has 2 aromatic rings. The van der Waals surface area contributed by atoms with Crippen LogP contribution in [0, 0.1) is 0 Å². The van der Waals surface area contributed by atoms with E-state index in [1.54, 1.807) is 0 Å². The van der Waals surface area contributed by atoms with Gasteiger partial charge in [-0.1, -0.05) is 23.7 Å². The highest BCUT2D eigenvalue weighted by molar-refractivity contribution is 6.32. The minimum Gasteiger partial charge on any atom is -0.454 e. The molecule has 0 spiro atoms. The van der Waals surface area contributed by atoms with Crippen LogP contribution in [0.25, 0.3) is 0 Å². The van der Waals surface area contributed by atoms with Gasteiger partial charge in [0.2, 0.25) is 6.79 Å². The van der Waals surface area contributed by atoms with Gasteiger partial charge in [-0.3, -0.25) is 0 Å². The lowest BCUT2D eigenvalue weighted by atomic mass is 10.2. The molecule has 2 aromatic carbocycles. The molecule has 0 atom stereocenters. The van der Waals surface area contributed by atoms with E-state index >= 15 is 0 Å². The molecular weight excluding hydrogens is 278 g/mol. The van der Waals surface area contributed by atoms with Crippen LogP contribution in [-0.2, 0) is 13.2 Å². The van der Waals surface area contributed by atoms with Gasteiger partial charge in [0.1, 0.15) is 0 Å². The highest BCUT2D eigenvalue weighted by Gasteiger charge is 2.18. The van der Waals surface area contributed by atoms with Gasteiger partial charge in [0, 0.05) is 12.2 Å². The van der Waals surface area contributed by atoms with E-state index in [0.29, 0.717) is 23.1 Å². The Morgan fingerprint density at radius 1 is 1.10 bits per heavy atom. The summed E-state index contributed by atoms with van der Waals surface area (Å²) in [6.45, 7) is 0.904. The first kappa shape index (κ1) is 13.1. The molecule has 0 radical (unpaired) electrons. The molecule has 3 rings (SSSR count). The second-order valence-corrected chi connectivity index (χ2v) is 4.93. The van der Waals surface area contributed by atoms with Crippen LogP contribution < -0.4 is 14.8 Å². The van der Waals surface area contributed by atoms with Gasteiger partial charge < -0.3 is 19.9 Å². The van der Waals surface area contributed by atoms with Gasteiger partial charge in [-0.05, 0) is 35.4 Å². The number of aliphatic hydroxyl groups is 1. The molecule has 0 amide bonds. The Balaban J connectivity index is 1.70. The lowest BCUT2D eigenvalue weighted by Gasteiger charge is -2.09. The van der Waals surface area contributed by atoms with Crippen LogP contribution in [0.3, 0.4) is 0 Å². The van der Waals surface area contributed by atoms with E-state index in [0.717, 1.165) is 16.8 Å². The summed E-state index contributed by atoms with van der Waals surface area (Å²) in [6, 6.07) is 11.4. The summed E-state index contributed by atoms with van der Waals surface area (Å²) in [4.78, 5) is 0. The Morgan fingerprint density at radius 3 is 2.65 bits per heavy atom. The fourth-order valence-corrected chi connectivity index (χ4v) is 2.34. The molecule has 1 heterocycles. The van der Waals surface area contributed by atoms with Crippen LogP contribution in [-0.4, -0.2) is 11.9 Å². The quantitative estimate of drug-likeness (QED) is 0.908. The average molecular weight is 292 g/mol. The number of halogens is 1. The Morgan fingerprint density at radius 2 is 1.90 bits per heavy atom. The average Bonchev–Trinajstić information content (AvgIpc) is 2.94. The summed E-state index contributed by atoms with van der Waals surface area (Å²) in [7, 11) is 0. The number of hydrogen-bond acceptors (Lipinski definition) is 4. The Hall–Kier alpha value is -1.91. The third-order valence-corrected chi connectivity index (χ3v) is 3.40. The van der Waals surface area contributed by atoms with E-state index in [2.05, 4.69) is 5.32 Å². The molecule has 0 bridgehead atoms. The standard InChI is InChI=1S/C15H14ClNO3/c16-13-5-11(6-14-15(13)20-9-19-14)7-17-12-3-1-10(8-18)2-4-12/h1-6,17-18H,7-9H2. The van der Waals surface area contributed by atoms with Crippen LogP contribution in [0.5, 0.6) is 11.5 Å². The molecule has 0 saturated heterocycles. The van der Waals surface area contributed by atoms with Crippen molar-refractivity contribution in [3.8, 4) is 11.5 Å². The minimum atomic E-state index is 0.0536. The first-order chi connectivity index (χ1) is 9.76. The number of fused-ring (bicyclic) bond motifs is 1. The van der Waals surface area contributed by atoms with E-state index in [1.807, 2.05) is 36.4 Å². The van der Waals surface area contributed by atoms with Crippen molar-refractivity contribution in [3.05, 3.63) is 52.5 Å². The van der Waals surface area contributed by atoms with Crippen LogP contribution in [0.4, 0.5) is 5.69 Å². The maximum atomic E-state index is 9.00. The number of benzene rings is 2. The molecule has 20 heavy (non-hydrogen) atoms. The SMILES string of the molecule is OCc1ccc(NCc2cc(Cl)c3c(c2)OCO3)cc1. The second kappa shape index (κ2) is 5.61. The van der Waals surface area contributed by atoms with Gasteiger partial charge in [0.05, 0.1) is 11.6 Å². The Bertz CT molecular complexity index is 613. The fourth-order valence-electron chi connectivity index (χ4n) is 2.05. The molecule has 2 N–H and O–H groups in total. The monoisotopic (exact) mass is 291 g/mol. The maximum absolute atomic E-state index is 9.00. The second-order valence-electron chi connectivity index (χ2n) is 4.52. The van der Waals surface area contributed by atoms with Gasteiger partial charge in [0.15, 0.2) is 11.5 Å². The van der Waals surface area contributed by atoms with Crippen molar-refractivity contribution < 1.29 is 14.6 Å². The zero-order chi connectivity index (χ0) is 13.9. The summed E-state index contributed by atoms with van der Waals surface area (Å²) in [5.41, 5.74) is 2.89. The highest BCUT2D eigenvalue weighted by atomic mass is 35.5. The zero-order valence-corrected chi connectivity index (χ0v) is 11.5. The van der Waals surface area contributed by atoms with Crippen molar-refractivity contribution in [2.75, 3.05) is 12.1 Å². The van der Waals surface area contributed by atoms with Crippen molar-refractivity contribution in [3.63, 3.8) is 0 Å². The molecule has 1 aliphatic rings. The maximum Gasteiger partial charge on any atom is 0.231 e. The predicted octanol–water partition coefficient (Wildman–Crippen LogP) is 3.17. The van der Waals surface area contributed by atoms with Crippen molar-refractivity contribution in [1.29, 1.82) is 0 Å². The lowest BCUT2D eigenvalue weighted by molar-refractivity contribution is 0.174. The molecule has 0 saturated carbocycles. The number of ether oxygens (including phenoxy) is 2.